The number of nitrogens with zero attached hydrogens (tertiary/aromatic N) is 2. The SMILES string of the molecule is CCNC(=NCCCc1ccc(N(C)C)cc1)NC(C)COC.I. The maximum Gasteiger partial charge on any atom is 0.191 e. The van der Waals surface area contributed by atoms with E-state index in [1.807, 2.05) is 0 Å². The highest BCUT2D eigenvalue weighted by molar-refractivity contribution is 14.0. The number of hydrogen-bond acceptors (Lipinski definition) is 3. The molecule has 0 saturated carbocycles. The van der Waals surface area contributed by atoms with E-state index in [4.69, 9.17) is 4.74 Å². The number of rotatable bonds is 9. The van der Waals surface area contributed by atoms with Gasteiger partial charge in [0.1, 0.15) is 0 Å². The second-order valence-corrected chi connectivity index (χ2v) is 5.93. The lowest BCUT2D eigenvalue weighted by Crippen LogP contribution is -2.44. The van der Waals surface area contributed by atoms with Crippen LogP contribution in [0.15, 0.2) is 29.3 Å². The normalized spacial score (nSPS) is 12.3. The van der Waals surface area contributed by atoms with Gasteiger partial charge in [-0.2, -0.15) is 0 Å². The molecule has 138 valence electrons. The Hall–Kier alpha value is -1.02. The van der Waals surface area contributed by atoms with E-state index in [2.05, 4.69) is 72.7 Å². The monoisotopic (exact) mass is 448 g/mol. The van der Waals surface area contributed by atoms with E-state index in [1.54, 1.807) is 7.11 Å². The van der Waals surface area contributed by atoms with Gasteiger partial charge >= 0.3 is 0 Å². The van der Waals surface area contributed by atoms with Crippen LogP contribution < -0.4 is 15.5 Å². The summed E-state index contributed by atoms with van der Waals surface area (Å²) < 4.78 is 5.14. The van der Waals surface area contributed by atoms with Crippen LogP contribution >= 0.6 is 24.0 Å². The number of hydrogen-bond donors (Lipinski definition) is 2. The van der Waals surface area contributed by atoms with Crippen LogP contribution in [0.3, 0.4) is 0 Å². The van der Waals surface area contributed by atoms with Gasteiger partial charge in [0.25, 0.3) is 0 Å². The van der Waals surface area contributed by atoms with E-state index >= 15 is 0 Å². The fourth-order valence-electron chi connectivity index (χ4n) is 2.28. The molecule has 6 heteroatoms. The van der Waals surface area contributed by atoms with E-state index in [0.29, 0.717) is 6.61 Å². The number of methoxy groups -OCH3 is 1. The standard InChI is InChI=1S/C18H32N4O.HI/c1-6-19-18(21-15(2)14-23-5)20-13-7-8-16-9-11-17(12-10-16)22(3)4;/h9-12,15H,6-8,13-14H2,1-5H3,(H2,19,20,21);1H. The zero-order chi connectivity index (χ0) is 17.1. The number of aryl methyl sites for hydroxylation is 1. The summed E-state index contributed by atoms with van der Waals surface area (Å²) in [5.74, 6) is 0.861. The summed E-state index contributed by atoms with van der Waals surface area (Å²) in [6.07, 6.45) is 2.08. The van der Waals surface area contributed by atoms with Crippen LogP contribution in [0.2, 0.25) is 0 Å². The van der Waals surface area contributed by atoms with E-state index in [1.165, 1.54) is 11.3 Å². The molecule has 2 N–H and O–H groups in total. The first-order valence-electron chi connectivity index (χ1n) is 8.36. The lowest BCUT2D eigenvalue weighted by atomic mass is 10.1. The van der Waals surface area contributed by atoms with Crippen LogP contribution in [0.5, 0.6) is 0 Å². The molecule has 0 aliphatic heterocycles. The van der Waals surface area contributed by atoms with Crippen molar-refractivity contribution in [2.45, 2.75) is 32.7 Å². The molecule has 1 unspecified atom stereocenters. The first-order chi connectivity index (χ1) is 11.1. The molecule has 0 bridgehead atoms. The molecule has 0 aliphatic carbocycles. The predicted octanol–water partition coefficient (Wildman–Crippen LogP) is 2.89. The van der Waals surface area contributed by atoms with Gasteiger partial charge in [-0.3, -0.25) is 4.99 Å². The Morgan fingerprint density at radius 1 is 1.25 bits per heavy atom. The van der Waals surface area contributed by atoms with E-state index in [0.717, 1.165) is 31.9 Å². The number of benzene rings is 1. The lowest BCUT2D eigenvalue weighted by molar-refractivity contribution is 0.179. The first-order valence-corrected chi connectivity index (χ1v) is 8.36. The third-order valence-corrected chi connectivity index (χ3v) is 3.49. The molecule has 0 radical (unpaired) electrons. The van der Waals surface area contributed by atoms with Crippen molar-refractivity contribution < 1.29 is 4.74 Å². The van der Waals surface area contributed by atoms with Crippen LogP contribution in [-0.4, -0.2) is 52.9 Å². The topological polar surface area (TPSA) is 48.9 Å². The number of halogens is 1. The molecule has 1 atom stereocenters. The fourth-order valence-corrected chi connectivity index (χ4v) is 2.28. The average Bonchev–Trinajstić information content (AvgIpc) is 2.52. The molecule has 0 spiro atoms. The molecule has 0 aliphatic rings. The van der Waals surface area contributed by atoms with Crippen molar-refractivity contribution in [1.29, 1.82) is 0 Å². The second kappa shape index (κ2) is 13.3. The first kappa shape index (κ1) is 23.0. The van der Waals surface area contributed by atoms with Crippen LogP contribution in [0.4, 0.5) is 5.69 Å². The molecule has 0 fully saturated rings. The van der Waals surface area contributed by atoms with Gasteiger partial charge in [-0.15, -0.1) is 24.0 Å². The highest BCUT2D eigenvalue weighted by Gasteiger charge is 2.04. The van der Waals surface area contributed by atoms with Crippen molar-refractivity contribution in [3.63, 3.8) is 0 Å². The number of aliphatic imine (C=N–C) groups is 1. The molecule has 5 nitrogen and oxygen atoms in total. The summed E-state index contributed by atoms with van der Waals surface area (Å²) in [6.45, 7) is 6.50. The Morgan fingerprint density at radius 3 is 2.46 bits per heavy atom. The third-order valence-electron chi connectivity index (χ3n) is 3.49. The molecule has 24 heavy (non-hydrogen) atoms. The largest absolute Gasteiger partial charge is 0.383 e. The van der Waals surface area contributed by atoms with Crippen molar-refractivity contribution in [2.24, 2.45) is 4.99 Å². The Morgan fingerprint density at radius 2 is 1.92 bits per heavy atom. The molecule has 1 aromatic rings. The Bertz CT molecular complexity index is 463. The summed E-state index contributed by atoms with van der Waals surface area (Å²) in [5, 5.41) is 6.61. The zero-order valence-electron chi connectivity index (χ0n) is 15.6. The molecule has 0 amide bonds. The fraction of sp³-hybridized carbons (Fsp3) is 0.611. The third kappa shape index (κ3) is 9.32. The predicted molar refractivity (Wildman–Crippen MR) is 115 cm³/mol. The quantitative estimate of drug-likeness (QED) is 0.264. The number of anilines is 1. The van der Waals surface area contributed by atoms with Gasteiger partial charge in [0.15, 0.2) is 5.96 Å². The summed E-state index contributed by atoms with van der Waals surface area (Å²) in [7, 11) is 5.83. The van der Waals surface area contributed by atoms with Gasteiger partial charge in [-0.05, 0) is 44.4 Å². The number of nitrogens with one attached hydrogen (secondary N) is 2. The Balaban J connectivity index is 0.00000529. The van der Waals surface area contributed by atoms with Gasteiger partial charge in [0, 0.05) is 46.0 Å². The molecule has 1 rings (SSSR count). The van der Waals surface area contributed by atoms with Crippen LogP contribution in [0, 0.1) is 0 Å². The van der Waals surface area contributed by atoms with Crippen molar-refractivity contribution in [3.05, 3.63) is 29.8 Å². The van der Waals surface area contributed by atoms with Gasteiger partial charge in [0.05, 0.1) is 6.61 Å². The number of guanidine groups is 1. The smallest absolute Gasteiger partial charge is 0.191 e. The lowest BCUT2D eigenvalue weighted by Gasteiger charge is -2.17. The minimum Gasteiger partial charge on any atom is -0.383 e. The average molecular weight is 448 g/mol. The molecule has 0 heterocycles. The Kier molecular flexibility index (Phi) is 12.7. The summed E-state index contributed by atoms with van der Waals surface area (Å²) in [6, 6.07) is 8.97. The minimum atomic E-state index is 0. The minimum absolute atomic E-state index is 0. The van der Waals surface area contributed by atoms with Gasteiger partial charge in [0.2, 0.25) is 0 Å². The van der Waals surface area contributed by atoms with Crippen LogP contribution in [0.1, 0.15) is 25.8 Å². The molecular formula is C18H33IN4O. The maximum atomic E-state index is 5.14. The second-order valence-electron chi connectivity index (χ2n) is 5.93. The van der Waals surface area contributed by atoms with Crippen LogP contribution in [-0.2, 0) is 11.2 Å². The van der Waals surface area contributed by atoms with Crippen molar-refractivity contribution in [2.75, 3.05) is 45.8 Å². The summed E-state index contributed by atoms with van der Waals surface area (Å²) in [5.41, 5.74) is 2.59. The van der Waals surface area contributed by atoms with E-state index in [9.17, 15) is 0 Å². The molecule has 1 aromatic carbocycles. The molecule has 0 aromatic heterocycles. The van der Waals surface area contributed by atoms with Crippen LogP contribution in [0.25, 0.3) is 0 Å². The van der Waals surface area contributed by atoms with Crippen molar-refractivity contribution >= 4 is 35.6 Å². The number of ether oxygens (including phenoxy) is 1. The van der Waals surface area contributed by atoms with Gasteiger partial charge < -0.3 is 20.3 Å². The van der Waals surface area contributed by atoms with Crippen molar-refractivity contribution in [3.8, 4) is 0 Å². The summed E-state index contributed by atoms with van der Waals surface area (Å²) >= 11 is 0. The Labute approximate surface area is 164 Å². The molecular weight excluding hydrogens is 415 g/mol. The van der Waals surface area contributed by atoms with E-state index < -0.39 is 0 Å². The van der Waals surface area contributed by atoms with Gasteiger partial charge in [-0.25, -0.2) is 0 Å². The highest BCUT2D eigenvalue weighted by atomic mass is 127. The zero-order valence-corrected chi connectivity index (χ0v) is 18.0. The summed E-state index contributed by atoms with van der Waals surface area (Å²) in [4.78, 5) is 6.74. The molecule has 0 saturated heterocycles. The van der Waals surface area contributed by atoms with Gasteiger partial charge in [-0.1, -0.05) is 12.1 Å². The van der Waals surface area contributed by atoms with E-state index in [-0.39, 0.29) is 30.0 Å². The highest BCUT2D eigenvalue weighted by Crippen LogP contribution is 2.13. The maximum absolute atomic E-state index is 5.14. The van der Waals surface area contributed by atoms with Crippen molar-refractivity contribution in [1.82, 2.24) is 10.6 Å².